The van der Waals surface area contributed by atoms with Crippen LogP contribution in [0.3, 0.4) is 0 Å². The smallest absolute Gasteiger partial charge is 0.269 e. The number of methoxy groups -OCH3 is 1. The Kier molecular flexibility index (Phi) is 6.55. The summed E-state index contributed by atoms with van der Waals surface area (Å²) in [5, 5.41) is 7.67. The van der Waals surface area contributed by atoms with Crippen molar-refractivity contribution in [2.75, 3.05) is 17.7 Å². The number of ether oxygens (including phenoxy) is 1. The highest BCUT2D eigenvalue weighted by molar-refractivity contribution is 7.71. The molecule has 1 amide bonds. The summed E-state index contributed by atoms with van der Waals surface area (Å²) < 4.78 is 13.1. The van der Waals surface area contributed by atoms with E-state index in [1.807, 2.05) is 71.3 Å². The summed E-state index contributed by atoms with van der Waals surface area (Å²) in [6.45, 7) is 0.435. The number of aryl methyl sites for hydroxylation is 2. The van der Waals surface area contributed by atoms with Gasteiger partial charge in [0.15, 0.2) is 5.58 Å². The number of fused-ring (bicyclic) bond motifs is 3. The Morgan fingerprint density at radius 2 is 1.89 bits per heavy atom. The minimum absolute atomic E-state index is 0.0957. The molecule has 0 radical (unpaired) electrons. The average molecular weight is 525 g/mol. The number of nitrogens with zero attached hydrogens (tertiary/aromatic N) is 2. The number of anilines is 3. The van der Waals surface area contributed by atoms with Gasteiger partial charge in [0.25, 0.3) is 4.84 Å². The molecular formula is C30H28N4O3S. The number of pyridine rings is 1. The Hall–Kier alpha value is -4.17. The van der Waals surface area contributed by atoms with Crippen LogP contribution in [0.5, 0.6) is 5.75 Å². The predicted molar refractivity (Wildman–Crippen MR) is 153 cm³/mol. The number of aromatic nitrogens is 2. The fourth-order valence-electron chi connectivity index (χ4n) is 5.19. The lowest BCUT2D eigenvalue weighted by atomic mass is 9.92. The first kappa shape index (κ1) is 24.2. The van der Waals surface area contributed by atoms with E-state index in [4.69, 9.17) is 26.4 Å². The van der Waals surface area contributed by atoms with Crippen LogP contribution in [0.15, 0.2) is 71.1 Å². The van der Waals surface area contributed by atoms with Gasteiger partial charge in [0.05, 0.1) is 29.5 Å². The maximum absolute atomic E-state index is 12.9. The molecule has 2 N–H and O–H groups in total. The van der Waals surface area contributed by atoms with E-state index in [0.29, 0.717) is 11.4 Å². The number of rotatable bonds is 7. The van der Waals surface area contributed by atoms with Crippen LogP contribution < -0.4 is 15.4 Å². The van der Waals surface area contributed by atoms with E-state index in [9.17, 15) is 4.79 Å². The summed E-state index contributed by atoms with van der Waals surface area (Å²) in [5.74, 6) is 0.679. The van der Waals surface area contributed by atoms with Crippen LogP contribution in [0.4, 0.5) is 17.1 Å². The van der Waals surface area contributed by atoms with Crippen molar-refractivity contribution in [1.29, 1.82) is 0 Å². The zero-order chi connectivity index (χ0) is 26.1. The van der Waals surface area contributed by atoms with Gasteiger partial charge in [0, 0.05) is 29.7 Å². The van der Waals surface area contributed by atoms with Crippen LogP contribution in [0.1, 0.15) is 30.5 Å². The van der Waals surface area contributed by atoms with Crippen molar-refractivity contribution in [3.05, 3.63) is 82.8 Å². The van der Waals surface area contributed by atoms with Crippen LogP contribution in [0.25, 0.3) is 22.0 Å². The first-order chi connectivity index (χ1) is 18.6. The number of benzene rings is 3. The number of hydrogen-bond donors (Lipinski definition) is 2. The molecule has 7 nitrogen and oxygen atoms in total. The zero-order valence-corrected chi connectivity index (χ0v) is 21.9. The van der Waals surface area contributed by atoms with Gasteiger partial charge in [-0.25, -0.2) is 0 Å². The first-order valence-electron chi connectivity index (χ1n) is 12.8. The highest BCUT2D eigenvalue weighted by Gasteiger charge is 2.20. The number of amides is 1. The number of hydrogen-bond acceptors (Lipinski definition) is 6. The number of oxazole rings is 1. The van der Waals surface area contributed by atoms with Crippen LogP contribution in [-0.4, -0.2) is 22.6 Å². The monoisotopic (exact) mass is 524 g/mol. The molecule has 2 aromatic heterocycles. The summed E-state index contributed by atoms with van der Waals surface area (Å²) >= 11 is 5.36. The highest BCUT2D eigenvalue weighted by atomic mass is 32.1. The first-order valence-corrected chi connectivity index (χ1v) is 13.3. The standard InChI is InChI=1S/C30H28N4O3S/c1-36-26-12-6-4-10-24(26)33-29-20-8-2-3-9-22(20)32-23-15-14-19(18-21(23)29)31-28(35)16-17-34-25-11-5-7-13-27(25)37-30(34)38/h4-7,10-15,18H,2-3,8-9,16-17H2,1H3,(H,31,35)(H,32,33). The summed E-state index contributed by atoms with van der Waals surface area (Å²) in [6, 6.07) is 21.4. The van der Waals surface area contributed by atoms with Crippen molar-refractivity contribution in [3.8, 4) is 5.75 Å². The lowest BCUT2D eigenvalue weighted by molar-refractivity contribution is -0.116. The second kappa shape index (κ2) is 10.3. The molecule has 0 unspecified atom stereocenters. The molecule has 0 aliphatic heterocycles. The fourth-order valence-corrected chi connectivity index (χ4v) is 5.47. The Morgan fingerprint density at radius 3 is 2.79 bits per heavy atom. The van der Waals surface area contributed by atoms with Crippen molar-refractivity contribution in [3.63, 3.8) is 0 Å². The predicted octanol–water partition coefficient (Wildman–Crippen LogP) is 7.17. The van der Waals surface area contributed by atoms with Gasteiger partial charge in [-0.15, -0.1) is 0 Å². The van der Waals surface area contributed by atoms with Gasteiger partial charge in [-0.3, -0.25) is 14.3 Å². The summed E-state index contributed by atoms with van der Waals surface area (Å²) in [7, 11) is 1.67. The van der Waals surface area contributed by atoms with Crippen molar-refractivity contribution in [2.45, 2.75) is 38.6 Å². The molecule has 0 spiro atoms. The molecule has 5 aromatic rings. The van der Waals surface area contributed by atoms with E-state index in [1.54, 1.807) is 7.11 Å². The lowest BCUT2D eigenvalue weighted by Gasteiger charge is -2.23. The minimum atomic E-state index is -0.0957. The van der Waals surface area contributed by atoms with Crippen molar-refractivity contribution in [1.82, 2.24) is 9.55 Å². The van der Waals surface area contributed by atoms with Gasteiger partial charge in [-0.05, 0) is 85.9 Å². The molecular weight excluding hydrogens is 496 g/mol. The number of para-hydroxylation sites is 4. The van der Waals surface area contributed by atoms with E-state index < -0.39 is 0 Å². The van der Waals surface area contributed by atoms with E-state index in [0.717, 1.165) is 76.2 Å². The quantitative estimate of drug-likeness (QED) is 0.220. The van der Waals surface area contributed by atoms with E-state index in [2.05, 4.69) is 10.6 Å². The SMILES string of the molecule is COc1ccccc1Nc1c2c(nc3ccc(NC(=O)CCn4c(=S)oc5ccccc54)cc13)CCCC2. The Bertz CT molecular complexity index is 1720. The van der Waals surface area contributed by atoms with Crippen molar-refractivity contribution < 1.29 is 13.9 Å². The third-order valence-corrected chi connectivity index (χ3v) is 7.35. The third kappa shape index (κ3) is 4.63. The number of carbonyl (C=O) groups excluding carboxylic acids is 1. The van der Waals surface area contributed by atoms with Gasteiger partial charge in [0.1, 0.15) is 5.75 Å². The molecule has 3 aromatic carbocycles. The Balaban J connectivity index is 1.29. The maximum atomic E-state index is 12.9. The van der Waals surface area contributed by atoms with Crippen LogP contribution in [-0.2, 0) is 24.2 Å². The average Bonchev–Trinajstić information content (AvgIpc) is 3.27. The Labute approximate surface area is 225 Å². The normalized spacial score (nSPS) is 12.9. The van der Waals surface area contributed by atoms with Crippen molar-refractivity contribution in [2.24, 2.45) is 0 Å². The minimum Gasteiger partial charge on any atom is -0.495 e. The molecule has 0 atom stereocenters. The molecule has 192 valence electrons. The highest BCUT2D eigenvalue weighted by Crippen LogP contribution is 2.38. The van der Waals surface area contributed by atoms with Gasteiger partial charge < -0.3 is 19.8 Å². The Morgan fingerprint density at radius 1 is 1.08 bits per heavy atom. The zero-order valence-electron chi connectivity index (χ0n) is 21.1. The molecule has 0 saturated carbocycles. The largest absolute Gasteiger partial charge is 0.495 e. The topological polar surface area (TPSA) is 81.3 Å². The maximum Gasteiger partial charge on any atom is 0.269 e. The van der Waals surface area contributed by atoms with Gasteiger partial charge in [-0.2, -0.15) is 0 Å². The fraction of sp³-hybridized carbons (Fsp3) is 0.233. The molecule has 1 aliphatic rings. The van der Waals surface area contributed by atoms with Crippen molar-refractivity contribution >= 4 is 57.2 Å². The van der Waals surface area contributed by atoms with E-state index in [-0.39, 0.29) is 12.3 Å². The molecule has 0 fully saturated rings. The summed E-state index contributed by atoms with van der Waals surface area (Å²) in [6.07, 6.45) is 4.47. The van der Waals surface area contributed by atoms with E-state index >= 15 is 0 Å². The number of carbonyl (C=O) groups is 1. The molecule has 8 heteroatoms. The molecule has 1 aliphatic carbocycles. The summed E-state index contributed by atoms with van der Waals surface area (Å²) in [4.78, 5) is 18.3. The van der Waals surface area contributed by atoms with Crippen LogP contribution in [0, 0.1) is 4.84 Å². The van der Waals surface area contributed by atoms with Crippen LogP contribution in [0.2, 0.25) is 0 Å². The number of nitrogens with one attached hydrogen (secondary N) is 2. The van der Waals surface area contributed by atoms with Gasteiger partial charge >= 0.3 is 0 Å². The molecule has 0 saturated heterocycles. The third-order valence-electron chi connectivity index (χ3n) is 7.05. The lowest BCUT2D eigenvalue weighted by Crippen LogP contribution is -2.15. The summed E-state index contributed by atoms with van der Waals surface area (Å²) in [5.41, 5.74) is 7.54. The van der Waals surface area contributed by atoms with Gasteiger partial charge in [0.2, 0.25) is 5.91 Å². The van der Waals surface area contributed by atoms with Gasteiger partial charge in [-0.1, -0.05) is 24.3 Å². The second-order valence-corrected chi connectivity index (χ2v) is 9.81. The molecule has 6 rings (SSSR count). The molecule has 0 bridgehead atoms. The van der Waals surface area contributed by atoms with E-state index in [1.165, 1.54) is 5.56 Å². The second-order valence-electron chi connectivity index (χ2n) is 9.46. The molecule has 38 heavy (non-hydrogen) atoms. The molecule has 2 heterocycles. The van der Waals surface area contributed by atoms with Crippen LogP contribution >= 0.6 is 12.2 Å².